The summed E-state index contributed by atoms with van der Waals surface area (Å²) < 4.78 is 13.1. The maximum atomic E-state index is 12.9. The number of phenolic OH excluding ortho intramolecular Hbond substituents is 2. The van der Waals surface area contributed by atoms with Gasteiger partial charge < -0.3 is 24.3 Å². The number of methoxy groups -OCH3 is 1. The number of aromatic nitrogens is 1. The van der Waals surface area contributed by atoms with Gasteiger partial charge in [0.05, 0.1) is 12.8 Å². The van der Waals surface area contributed by atoms with E-state index in [0.717, 1.165) is 39.5 Å². The summed E-state index contributed by atoms with van der Waals surface area (Å²) in [5, 5.41) is 20.8. The van der Waals surface area contributed by atoms with Crippen LogP contribution in [0.15, 0.2) is 66.4 Å². The highest BCUT2D eigenvalue weighted by molar-refractivity contribution is 6.17. The average molecular weight is 413 g/mol. The molecule has 0 bridgehead atoms. The summed E-state index contributed by atoms with van der Waals surface area (Å²) in [6.07, 6.45) is 1.70. The summed E-state index contributed by atoms with van der Waals surface area (Å²) in [4.78, 5) is 12.9. The Hall–Kier alpha value is -4.19. The van der Waals surface area contributed by atoms with Gasteiger partial charge in [-0.2, -0.15) is 0 Å². The van der Waals surface area contributed by atoms with Crippen LogP contribution in [0, 0.1) is 0 Å². The van der Waals surface area contributed by atoms with E-state index in [1.807, 2.05) is 55.6 Å². The molecule has 0 fully saturated rings. The number of para-hydroxylation sites is 1. The Morgan fingerprint density at radius 3 is 2.52 bits per heavy atom. The van der Waals surface area contributed by atoms with Crippen LogP contribution in [0.2, 0.25) is 0 Å². The largest absolute Gasteiger partial charge is 0.508 e. The van der Waals surface area contributed by atoms with E-state index in [4.69, 9.17) is 9.47 Å². The van der Waals surface area contributed by atoms with Crippen LogP contribution < -0.4 is 9.47 Å². The average Bonchev–Trinajstić information content (AvgIpc) is 3.23. The first-order valence-corrected chi connectivity index (χ1v) is 9.70. The second-order valence-electron chi connectivity index (χ2n) is 7.34. The molecule has 0 radical (unpaired) electrons. The second-order valence-corrected chi connectivity index (χ2v) is 7.34. The SMILES string of the molecule is COc1ccc(-c2c(C=C3Oc4cc(O)cc(O)c4C3=O)c3ccccc3n2C)cc1. The Kier molecular flexibility index (Phi) is 4.22. The van der Waals surface area contributed by atoms with Crippen LogP contribution >= 0.6 is 0 Å². The van der Waals surface area contributed by atoms with E-state index in [1.54, 1.807) is 13.2 Å². The summed E-state index contributed by atoms with van der Waals surface area (Å²) in [5.74, 6) is 0.0663. The van der Waals surface area contributed by atoms with Gasteiger partial charge in [0.1, 0.15) is 28.6 Å². The monoisotopic (exact) mass is 413 g/mol. The molecule has 1 aliphatic rings. The van der Waals surface area contributed by atoms with Crippen LogP contribution in [0.25, 0.3) is 28.2 Å². The maximum absolute atomic E-state index is 12.9. The van der Waals surface area contributed by atoms with E-state index < -0.39 is 5.78 Å². The molecule has 154 valence electrons. The quantitative estimate of drug-likeness (QED) is 0.468. The highest BCUT2D eigenvalue weighted by Gasteiger charge is 2.32. The third kappa shape index (κ3) is 2.92. The number of carbonyl (C=O) groups excluding carboxylic acids is 1. The minimum Gasteiger partial charge on any atom is -0.508 e. The topological polar surface area (TPSA) is 80.9 Å². The van der Waals surface area contributed by atoms with Gasteiger partial charge in [0.15, 0.2) is 5.76 Å². The summed E-state index contributed by atoms with van der Waals surface area (Å²) in [6, 6.07) is 18.1. The Balaban J connectivity index is 1.72. The highest BCUT2D eigenvalue weighted by atomic mass is 16.5. The summed E-state index contributed by atoms with van der Waals surface area (Å²) in [7, 11) is 3.59. The van der Waals surface area contributed by atoms with Crippen molar-refractivity contribution in [3.63, 3.8) is 0 Å². The standard InChI is InChI=1S/C25H19NO5/c1-26-19-6-4-3-5-17(19)18(24(26)14-7-9-16(30-2)10-8-14)13-22-25(29)23-20(28)11-15(27)12-21(23)31-22/h3-13,27-28H,1-2H3. The molecule has 5 rings (SSSR count). The first kappa shape index (κ1) is 18.8. The molecule has 2 heterocycles. The van der Waals surface area contributed by atoms with Crippen molar-refractivity contribution < 1.29 is 24.5 Å². The number of fused-ring (bicyclic) bond motifs is 2. The molecular weight excluding hydrogens is 394 g/mol. The van der Waals surface area contributed by atoms with Crippen LogP contribution in [0.1, 0.15) is 15.9 Å². The number of ketones is 1. The van der Waals surface area contributed by atoms with Crippen molar-refractivity contribution in [2.75, 3.05) is 7.11 Å². The number of benzene rings is 3. The smallest absolute Gasteiger partial charge is 0.235 e. The summed E-state index contributed by atoms with van der Waals surface area (Å²) in [6.45, 7) is 0. The Labute approximate surface area is 178 Å². The van der Waals surface area contributed by atoms with Crippen molar-refractivity contribution in [2.45, 2.75) is 0 Å². The number of hydrogen-bond donors (Lipinski definition) is 2. The molecule has 0 saturated heterocycles. The number of nitrogens with zero attached hydrogens (tertiary/aromatic N) is 1. The van der Waals surface area contributed by atoms with Crippen LogP contribution in [0.3, 0.4) is 0 Å². The lowest BCUT2D eigenvalue weighted by Crippen LogP contribution is -1.99. The number of rotatable bonds is 3. The molecule has 0 amide bonds. The first-order chi connectivity index (χ1) is 15.0. The van der Waals surface area contributed by atoms with Gasteiger partial charge >= 0.3 is 0 Å². The van der Waals surface area contributed by atoms with E-state index in [9.17, 15) is 15.0 Å². The zero-order valence-corrected chi connectivity index (χ0v) is 16.9. The van der Waals surface area contributed by atoms with Gasteiger partial charge in [0.2, 0.25) is 5.78 Å². The van der Waals surface area contributed by atoms with E-state index in [1.165, 1.54) is 6.07 Å². The molecule has 2 N–H and O–H groups in total. The number of carbonyl (C=O) groups is 1. The number of aryl methyl sites for hydroxylation is 1. The minimum atomic E-state index is -0.430. The molecule has 0 unspecified atom stereocenters. The maximum Gasteiger partial charge on any atom is 0.235 e. The van der Waals surface area contributed by atoms with E-state index >= 15 is 0 Å². The number of hydrogen-bond acceptors (Lipinski definition) is 5. The van der Waals surface area contributed by atoms with Crippen LogP contribution in [0.5, 0.6) is 23.0 Å². The lowest BCUT2D eigenvalue weighted by atomic mass is 10.0. The number of aromatic hydroxyl groups is 2. The molecule has 6 nitrogen and oxygen atoms in total. The molecule has 0 aliphatic carbocycles. The minimum absolute atomic E-state index is 0.0512. The number of ether oxygens (including phenoxy) is 2. The molecule has 31 heavy (non-hydrogen) atoms. The summed E-state index contributed by atoms with van der Waals surface area (Å²) >= 11 is 0. The zero-order chi connectivity index (χ0) is 21.7. The second kappa shape index (κ2) is 6.95. The Morgan fingerprint density at radius 1 is 1.03 bits per heavy atom. The molecule has 3 aromatic carbocycles. The molecule has 1 aliphatic heterocycles. The molecule has 1 aromatic heterocycles. The summed E-state index contributed by atoms with van der Waals surface area (Å²) in [5.41, 5.74) is 3.74. The lowest BCUT2D eigenvalue weighted by molar-refractivity contribution is 0.101. The molecule has 0 atom stereocenters. The van der Waals surface area contributed by atoms with E-state index in [0.29, 0.717) is 0 Å². The van der Waals surface area contributed by atoms with Crippen molar-refractivity contribution >= 4 is 22.8 Å². The van der Waals surface area contributed by atoms with Gasteiger partial charge in [-0.15, -0.1) is 0 Å². The fourth-order valence-electron chi connectivity index (χ4n) is 4.08. The predicted molar refractivity (Wildman–Crippen MR) is 118 cm³/mol. The molecule has 6 heteroatoms. The van der Waals surface area contributed by atoms with E-state index in [2.05, 4.69) is 4.57 Å². The van der Waals surface area contributed by atoms with Gasteiger partial charge in [-0.1, -0.05) is 18.2 Å². The zero-order valence-electron chi connectivity index (χ0n) is 16.9. The predicted octanol–water partition coefficient (Wildman–Crippen LogP) is 4.88. The molecule has 0 spiro atoms. The van der Waals surface area contributed by atoms with Gasteiger partial charge in [0, 0.05) is 35.6 Å². The van der Waals surface area contributed by atoms with Crippen molar-refractivity contribution in [1.82, 2.24) is 4.57 Å². The Bertz CT molecular complexity index is 1380. The van der Waals surface area contributed by atoms with Crippen molar-refractivity contribution in [3.8, 4) is 34.3 Å². The number of phenols is 2. The third-order valence-electron chi connectivity index (χ3n) is 5.52. The highest BCUT2D eigenvalue weighted by Crippen LogP contribution is 2.42. The normalized spacial score (nSPS) is 14.1. The third-order valence-corrected chi connectivity index (χ3v) is 5.52. The fourth-order valence-corrected chi connectivity index (χ4v) is 4.08. The number of allylic oxidation sites excluding steroid dienone is 1. The van der Waals surface area contributed by atoms with Crippen LogP contribution in [-0.4, -0.2) is 27.7 Å². The van der Waals surface area contributed by atoms with E-state index in [-0.39, 0.29) is 28.6 Å². The molecule has 4 aromatic rings. The van der Waals surface area contributed by atoms with Gasteiger partial charge in [-0.05, 0) is 42.0 Å². The van der Waals surface area contributed by atoms with Crippen LogP contribution in [0.4, 0.5) is 0 Å². The van der Waals surface area contributed by atoms with Crippen molar-refractivity contribution in [1.29, 1.82) is 0 Å². The van der Waals surface area contributed by atoms with Gasteiger partial charge in [-0.3, -0.25) is 4.79 Å². The molecule has 0 saturated carbocycles. The number of Topliss-reactive ketones (excluding diaryl/α,β-unsaturated/α-hetero) is 1. The first-order valence-electron chi connectivity index (χ1n) is 9.70. The molecular formula is C25H19NO5. The van der Waals surface area contributed by atoms with Gasteiger partial charge in [0.25, 0.3) is 0 Å². The van der Waals surface area contributed by atoms with Crippen molar-refractivity contribution in [3.05, 3.63) is 77.5 Å². The Morgan fingerprint density at radius 2 is 1.77 bits per heavy atom. The van der Waals surface area contributed by atoms with Gasteiger partial charge in [-0.25, -0.2) is 0 Å². The van der Waals surface area contributed by atoms with Crippen molar-refractivity contribution in [2.24, 2.45) is 7.05 Å². The van der Waals surface area contributed by atoms with Crippen LogP contribution in [-0.2, 0) is 7.05 Å². The lowest BCUT2D eigenvalue weighted by Gasteiger charge is -2.08. The fraction of sp³-hybridized carbons (Fsp3) is 0.0800.